The van der Waals surface area contributed by atoms with E-state index >= 15 is 0 Å². The minimum Gasteiger partial charge on any atom is -0.423 e. The smallest absolute Gasteiger partial charge is 0.423 e. The van der Waals surface area contributed by atoms with E-state index in [1.807, 2.05) is 0 Å². The first-order chi connectivity index (χ1) is 7.65. The van der Waals surface area contributed by atoms with Gasteiger partial charge in [-0.15, -0.1) is 0 Å². The molecule has 88 valence electrons. The van der Waals surface area contributed by atoms with Crippen molar-refractivity contribution in [3.05, 3.63) is 29.6 Å². The van der Waals surface area contributed by atoms with Crippen molar-refractivity contribution in [1.82, 2.24) is 0 Å². The Hall–Kier alpha value is -0.945. The molecule has 0 radical (unpaired) electrons. The lowest BCUT2D eigenvalue weighted by molar-refractivity contribution is 0.0619. The highest BCUT2D eigenvalue weighted by molar-refractivity contribution is 6.59. The summed E-state index contributed by atoms with van der Waals surface area (Å²) in [6.07, 6.45) is 0. The Balaban J connectivity index is 2.64. The van der Waals surface area contributed by atoms with Gasteiger partial charge in [-0.25, -0.2) is 4.39 Å². The Morgan fingerprint density at radius 2 is 2.06 bits per heavy atom. The number of hydrogen-bond donors (Lipinski definition) is 2. The fourth-order valence-electron chi connectivity index (χ4n) is 1.26. The van der Waals surface area contributed by atoms with Crippen LogP contribution < -0.4 is 5.46 Å². The fraction of sp³-hybridized carbons (Fsp3) is 0.400. The molecule has 0 aliphatic rings. The van der Waals surface area contributed by atoms with Crippen LogP contribution in [0.2, 0.25) is 0 Å². The Kier molecular flexibility index (Phi) is 5.41. The number of hydrogen-bond acceptors (Lipinski definition) is 4. The van der Waals surface area contributed by atoms with Crippen molar-refractivity contribution < 1.29 is 23.9 Å². The van der Waals surface area contributed by atoms with Gasteiger partial charge in [-0.1, -0.05) is 6.07 Å². The van der Waals surface area contributed by atoms with Crippen LogP contribution in [0.25, 0.3) is 0 Å². The molecular formula is C10H14BFO4. The van der Waals surface area contributed by atoms with Crippen LogP contribution in [0.4, 0.5) is 4.39 Å². The van der Waals surface area contributed by atoms with E-state index in [1.165, 1.54) is 12.1 Å². The van der Waals surface area contributed by atoms with Gasteiger partial charge in [0.1, 0.15) is 5.82 Å². The van der Waals surface area contributed by atoms with Crippen LogP contribution >= 0.6 is 0 Å². The summed E-state index contributed by atoms with van der Waals surface area (Å²) in [6.45, 7) is 1.05. The molecule has 1 aromatic rings. The standard InChI is InChI=1S/C10H14BFO4/c1-15-4-5-16-7-8-2-3-9(12)6-10(8)11(13)14/h2-3,6,13-14H,4-5,7H2,1H3. The molecule has 0 aliphatic heterocycles. The van der Waals surface area contributed by atoms with Gasteiger partial charge in [-0.05, 0) is 23.2 Å². The predicted octanol–water partition coefficient (Wildman–Crippen LogP) is -0.332. The summed E-state index contributed by atoms with van der Waals surface area (Å²) in [5.74, 6) is -0.510. The molecule has 0 saturated carbocycles. The van der Waals surface area contributed by atoms with Gasteiger partial charge in [0.15, 0.2) is 0 Å². The van der Waals surface area contributed by atoms with Crippen LogP contribution in [-0.2, 0) is 16.1 Å². The van der Waals surface area contributed by atoms with E-state index in [0.717, 1.165) is 6.07 Å². The quantitative estimate of drug-likeness (QED) is 0.517. The highest BCUT2D eigenvalue weighted by Crippen LogP contribution is 2.03. The van der Waals surface area contributed by atoms with Crippen LogP contribution in [0.5, 0.6) is 0 Å². The van der Waals surface area contributed by atoms with E-state index < -0.39 is 12.9 Å². The molecule has 2 N–H and O–H groups in total. The van der Waals surface area contributed by atoms with Crippen LogP contribution in [-0.4, -0.2) is 37.5 Å². The number of halogens is 1. The summed E-state index contributed by atoms with van der Waals surface area (Å²) in [6, 6.07) is 3.80. The zero-order valence-electron chi connectivity index (χ0n) is 9.02. The molecule has 0 bridgehead atoms. The van der Waals surface area contributed by atoms with Crippen molar-refractivity contribution in [3.8, 4) is 0 Å². The minimum atomic E-state index is -1.70. The number of benzene rings is 1. The Morgan fingerprint density at radius 1 is 1.31 bits per heavy atom. The Bertz CT molecular complexity index is 333. The largest absolute Gasteiger partial charge is 0.488 e. The van der Waals surface area contributed by atoms with Crippen molar-refractivity contribution in [2.45, 2.75) is 6.61 Å². The fourth-order valence-corrected chi connectivity index (χ4v) is 1.26. The second kappa shape index (κ2) is 6.60. The van der Waals surface area contributed by atoms with Gasteiger partial charge in [-0.3, -0.25) is 0 Å². The first kappa shape index (κ1) is 13.1. The molecule has 6 heteroatoms. The molecule has 0 amide bonds. The highest BCUT2D eigenvalue weighted by atomic mass is 19.1. The summed E-state index contributed by atoms with van der Waals surface area (Å²) in [5.41, 5.74) is 0.671. The third kappa shape index (κ3) is 3.90. The van der Waals surface area contributed by atoms with E-state index in [2.05, 4.69) is 0 Å². The van der Waals surface area contributed by atoms with E-state index in [9.17, 15) is 4.39 Å². The van der Waals surface area contributed by atoms with Crippen molar-refractivity contribution in [3.63, 3.8) is 0 Å². The second-order valence-electron chi connectivity index (χ2n) is 3.26. The maximum Gasteiger partial charge on any atom is 0.488 e. The maximum atomic E-state index is 12.9. The van der Waals surface area contributed by atoms with Gasteiger partial charge in [0, 0.05) is 7.11 Å². The molecule has 0 aromatic heterocycles. The topological polar surface area (TPSA) is 58.9 Å². The van der Waals surface area contributed by atoms with Gasteiger partial charge in [0.25, 0.3) is 0 Å². The third-order valence-corrected chi connectivity index (χ3v) is 2.08. The van der Waals surface area contributed by atoms with E-state index in [1.54, 1.807) is 7.11 Å². The maximum absolute atomic E-state index is 12.9. The third-order valence-electron chi connectivity index (χ3n) is 2.08. The SMILES string of the molecule is COCCOCc1ccc(F)cc1B(O)O. The van der Waals surface area contributed by atoms with Crippen molar-refractivity contribution in [2.75, 3.05) is 20.3 Å². The summed E-state index contributed by atoms with van der Waals surface area (Å²) in [7, 11) is -0.138. The summed E-state index contributed by atoms with van der Waals surface area (Å²) < 4.78 is 22.9. The van der Waals surface area contributed by atoms with Crippen molar-refractivity contribution >= 4 is 12.6 Å². The summed E-state index contributed by atoms with van der Waals surface area (Å²) in [4.78, 5) is 0. The molecular weight excluding hydrogens is 214 g/mol. The van der Waals surface area contributed by atoms with Gasteiger partial charge in [-0.2, -0.15) is 0 Å². The molecule has 0 spiro atoms. The van der Waals surface area contributed by atoms with Crippen LogP contribution in [0.1, 0.15) is 5.56 Å². The molecule has 1 aromatic carbocycles. The lowest BCUT2D eigenvalue weighted by atomic mass is 9.77. The lowest BCUT2D eigenvalue weighted by Gasteiger charge is -2.09. The monoisotopic (exact) mass is 228 g/mol. The average molecular weight is 228 g/mol. The van der Waals surface area contributed by atoms with Crippen molar-refractivity contribution in [2.24, 2.45) is 0 Å². The molecule has 0 atom stereocenters. The van der Waals surface area contributed by atoms with Crippen LogP contribution in [0.15, 0.2) is 18.2 Å². The van der Waals surface area contributed by atoms with Gasteiger partial charge < -0.3 is 19.5 Å². The molecule has 0 unspecified atom stereocenters. The van der Waals surface area contributed by atoms with E-state index in [-0.39, 0.29) is 12.1 Å². The number of rotatable bonds is 6. The number of methoxy groups -OCH3 is 1. The molecule has 1 rings (SSSR count). The Morgan fingerprint density at radius 3 is 2.69 bits per heavy atom. The number of ether oxygens (including phenoxy) is 2. The molecule has 0 saturated heterocycles. The highest BCUT2D eigenvalue weighted by Gasteiger charge is 2.16. The predicted molar refractivity (Wildman–Crippen MR) is 57.8 cm³/mol. The molecule has 16 heavy (non-hydrogen) atoms. The molecule has 0 heterocycles. The average Bonchev–Trinajstić information content (AvgIpc) is 2.26. The minimum absolute atomic E-state index is 0.123. The van der Waals surface area contributed by atoms with Crippen LogP contribution in [0.3, 0.4) is 0 Å². The first-order valence-corrected chi connectivity index (χ1v) is 4.86. The van der Waals surface area contributed by atoms with Gasteiger partial charge in [0.05, 0.1) is 19.8 Å². The summed E-state index contributed by atoms with van der Waals surface area (Å²) >= 11 is 0. The first-order valence-electron chi connectivity index (χ1n) is 4.86. The van der Waals surface area contributed by atoms with Gasteiger partial charge >= 0.3 is 7.12 Å². The van der Waals surface area contributed by atoms with Crippen LogP contribution in [0, 0.1) is 5.82 Å². The van der Waals surface area contributed by atoms with Gasteiger partial charge in [0.2, 0.25) is 0 Å². The molecule has 4 nitrogen and oxygen atoms in total. The summed E-state index contributed by atoms with van der Waals surface area (Å²) in [5, 5.41) is 18.1. The van der Waals surface area contributed by atoms with Crippen molar-refractivity contribution in [1.29, 1.82) is 0 Å². The normalized spacial score (nSPS) is 10.5. The van der Waals surface area contributed by atoms with E-state index in [4.69, 9.17) is 19.5 Å². The Labute approximate surface area is 93.8 Å². The zero-order valence-corrected chi connectivity index (χ0v) is 9.02. The lowest BCUT2D eigenvalue weighted by Crippen LogP contribution is -2.33. The molecule has 0 fully saturated rings. The molecule has 0 aliphatic carbocycles. The second-order valence-corrected chi connectivity index (χ2v) is 3.26. The zero-order chi connectivity index (χ0) is 12.0. The van der Waals surface area contributed by atoms with E-state index in [0.29, 0.717) is 18.8 Å².